The van der Waals surface area contributed by atoms with Crippen molar-refractivity contribution < 1.29 is 19.2 Å². The molecule has 2 aromatic carbocycles. The van der Waals surface area contributed by atoms with Gasteiger partial charge in [-0.25, -0.2) is 4.79 Å². The largest absolute Gasteiger partial charge is 0.433 e. The number of allylic oxidation sites excluding steroid dienone is 1. The van der Waals surface area contributed by atoms with Gasteiger partial charge in [0.05, 0.1) is 20.8 Å². The lowest BCUT2D eigenvalue weighted by atomic mass is 10.1. The Balaban J connectivity index is 1.68. The van der Waals surface area contributed by atoms with Gasteiger partial charge in [0.15, 0.2) is 0 Å². The number of nitro benzene ring substituents is 2. The monoisotopic (exact) mass is 412 g/mol. The summed E-state index contributed by atoms with van der Waals surface area (Å²) < 4.78 is 2.28. The van der Waals surface area contributed by atoms with Crippen molar-refractivity contribution in [3.05, 3.63) is 84.6 Å². The van der Waals surface area contributed by atoms with E-state index in [4.69, 9.17) is 0 Å². The highest BCUT2D eigenvalue weighted by Gasteiger charge is 2.41. The number of nitro groups is 2. The molecule has 0 N–H and O–H groups in total. The van der Waals surface area contributed by atoms with Crippen molar-refractivity contribution >= 4 is 46.5 Å². The predicted molar refractivity (Wildman–Crippen MR) is 104 cm³/mol. The highest BCUT2D eigenvalue weighted by Crippen LogP contribution is 2.38. The molecule has 0 bridgehead atoms. The van der Waals surface area contributed by atoms with E-state index in [-0.39, 0.29) is 17.3 Å². The lowest BCUT2D eigenvalue weighted by molar-refractivity contribution is -0.588. The number of thioether (sulfide) groups is 1. The smallest absolute Gasteiger partial charge is 0.258 e. The molecule has 0 unspecified atom stereocenters. The Bertz CT molecular complexity index is 1170. The first-order valence-electron chi connectivity index (χ1n) is 7.91. The molecule has 0 spiro atoms. The molecule has 0 aliphatic carbocycles. The summed E-state index contributed by atoms with van der Waals surface area (Å²) in [5.74, 6) is -0.235. The topological polar surface area (TPSA) is 107 Å². The molecule has 1 aliphatic heterocycles. The van der Waals surface area contributed by atoms with Crippen LogP contribution in [0.2, 0.25) is 0 Å². The van der Waals surface area contributed by atoms with Crippen LogP contribution in [0.3, 0.4) is 0 Å². The molecule has 8 nitrogen and oxygen atoms in total. The molecule has 0 radical (unpaired) electrons. The minimum absolute atomic E-state index is 0.0195. The lowest BCUT2D eigenvalue weighted by Crippen LogP contribution is -2.40. The van der Waals surface area contributed by atoms with Gasteiger partial charge in [0, 0.05) is 36.0 Å². The van der Waals surface area contributed by atoms with Gasteiger partial charge in [-0.05, 0) is 29.8 Å². The van der Waals surface area contributed by atoms with Gasteiger partial charge in [-0.15, -0.1) is 4.57 Å². The molecule has 3 aromatic rings. The zero-order chi connectivity index (χ0) is 19.8. The first-order chi connectivity index (χ1) is 13.4. The number of carbonyl (C=O) groups excluding carboxylic acids is 1. The number of nitrogens with zero attached hydrogens (tertiary/aromatic N) is 3. The van der Waals surface area contributed by atoms with Crippen LogP contribution in [0.1, 0.15) is 10.4 Å². The summed E-state index contributed by atoms with van der Waals surface area (Å²) in [5, 5.41) is 23.6. The first kappa shape index (κ1) is 18.0. The molecule has 0 saturated carbocycles. The molecule has 4 rings (SSSR count). The van der Waals surface area contributed by atoms with Gasteiger partial charge in [0.25, 0.3) is 11.4 Å². The van der Waals surface area contributed by atoms with Crippen LogP contribution in [-0.2, 0) is 0 Å². The van der Waals surface area contributed by atoms with Gasteiger partial charge in [-0.1, -0.05) is 17.4 Å². The van der Waals surface area contributed by atoms with Crippen molar-refractivity contribution in [1.29, 1.82) is 0 Å². The SMILES string of the molecule is O=C1C(=Cc2ccc([N+](=O)[O-])cc2)Sc2scc(-c3cccc([N+](=O)[O-])c3)[n+]21. The van der Waals surface area contributed by atoms with Crippen molar-refractivity contribution in [3.8, 4) is 11.3 Å². The van der Waals surface area contributed by atoms with Crippen LogP contribution in [-0.4, -0.2) is 15.8 Å². The quantitative estimate of drug-likeness (QED) is 0.274. The summed E-state index contributed by atoms with van der Waals surface area (Å²) in [4.78, 5) is 34.2. The van der Waals surface area contributed by atoms with E-state index in [1.807, 2.05) is 0 Å². The number of benzene rings is 2. The van der Waals surface area contributed by atoms with Crippen LogP contribution >= 0.6 is 23.1 Å². The number of thiazole rings is 1. The lowest BCUT2D eigenvalue weighted by Gasteiger charge is -1.96. The number of hydrogen-bond acceptors (Lipinski definition) is 7. The van der Waals surface area contributed by atoms with E-state index in [2.05, 4.69) is 0 Å². The van der Waals surface area contributed by atoms with Crippen molar-refractivity contribution in [1.82, 2.24) is 0 Å². The molecule has 0 saturated heterocycles. The minimum Gasteiger partial charge on any atom is -0.258 e. The third kappa shape index (κ3) is 3.19. The summed E-state index contributed by atoms with van der Waals surface area (Å²) in [6, 6.07) is 12.1. The van der Waals surface area contributed by atoms with E-state index in [1.165, 1.54) is 51.9 Å². The van der Waals surface area contributed by atoms with E-state index >= 15 is 0 Å². The van der Waals surface area contributed by atoms with Gasteiger partial charge >= 0.3 is 10.2 Å². The van der Waals surface area contributed by atoms with Crippen molar-refractivity contribution in [3.63, 3.8) is 0 Å². The second kappa shape index (κ2) is 6.98. The Morgan fingerprint density at radius 2 is 1.68 bits per heavy atom. The summed E-state index contributed by atoms with van der Waals surface area (Å²) >= 11 is 2.68. The number of rotatable bonds is 4. The molecule has 28 heavy (non-hydrogen) atoms. The highest BCUT2D eigenvalue weighted by molar-refractivity contribution is 8.05. The van der Waals surface area contributed by atoms with Crippen LogP contribution in [0, 0.1) is 20.2 Å². The minimum atomic E-state index is -0.481. The van der Waals surface area contributed by atoms with Crippen molar-refractivity contribution in [2.24, 2.45) is 0 Å². The normalized spacial score (nSPS) is 14.3. The number of fused-ring (bicyclic) bond motifs is 1. The molecular weight excluding hydrogens is 402 g/mol. The summed E-state index contributed by atoms with van der Waals surface area (Å²) in [6.45, 7) is 0. The fourth-order valence-electron chi connectivity index (χ4n) is 2.73. The molecule has 10 heteroatoms. The summed E-state index contributed by atoms with van der Waals surface area (Å²) in [7, 11) is 0. The second-order valence-electron chi connectivity index (χ2n) is 5.79. The van der Waals surface area contributed by atoms with Gasteiger partial charge in [-0.3, -0.25) is 20.2 Å². The molecule has 1 aromatic heterocycles. The summed E-state index contributed by atoms with van der Waals surface area (Å²) in [6.07, 6.45) is 1.67. The van der Waals surface area contributed by atoms with Crippen molar-refractivity contribution in [2.75, 3.05) is 0 Å². The average Bonchev–Trinajstić information content (AvgIpc) is 3.23. The fraction of sp³-hybridized carbons (Fsp3) is 0. The van der Waals surface area contributed by atoms with Crippen LogP contribution in [0.4, 0.5) is 11.4 Å². The molecule has 0 amide bonds. The van der Waals surface area contributed by atoms with Gasteiger partial charge in [0.2, 0.25) is 5.69 Å². The van der Waals surface area contributed by atoms with Crippen LogP contribution < -0.4 is 4.57 Å². The Morgan fingerprint density at radius 3 is 2.36 bits per heavy atom. The average molecular weight is 412 g/mol. The zero-order valence-corrected chi connectivity index (χ0v) is 15.6. The highest BCUT2D eigenvalue weighted by atomic mass is 32.2. The Morgan fingerprint density at radius 1 is 0.964 bits per heavy atom. The standard InChI is InChI=1S/C18H10N3O5S2/c22-17-16(8-11-4-6-13(7-5-11)20(23)24)28-18-19(17)15(10-27-18)12-2-1-3-14(9-12)21(25)26/h1-10H/q+1. The molecular formula is C18H10N3O5S2+. The molecule has 0 fully saturated rings. The number of non-ortho nitro benzene ring substituents is 2. The Kier molecular flexibility index (Phi) is 4.49. The first-order valence-corrected chi connectivity index (χ1v) is 9.61. The molecule has 138 valence electrons. The Hall–Kier alpha value is -3.37. The maximum Gasteiger partial charge on any atom is 0.433 e. The van der Waals surface area contributed by atoms with Gasteiger partial charge in [-0.2, -0.15) is 0 Å². The third-order valence-electron chi connectivity index (χ3n) is 4.06. The van der Waals surface area contributed by atoms with E-state index < -0.39 is 9.85 Å². The van der Waals surface area contributed by atoms with E-state index in [1.54, 1.807) is 35.7 Å². The predicted octanol–water partition coefficient (Wildman–Crippen LogP) is 4.31. The molecule has 2 heterocycles. The number of aromatic nitrogens is 1. The van der Waals surface area contributed by atoms with Gasteiger partial charge in [0.1, 0.15) is 4.91 Å². The number of carbonyl (C=O) groups is 1. The van der Waals surface area contributed by atoms with Crippen LogP contribution in [0.5, 0.6) is 0 Å². The van der Waals surface area contributed by atoms with Crippen LogP contribution in [0.25, 0.3) is 17.3 Å². The maximum atomic E-state index is 12.9. The second-order valence-corrected chi connectivity index (χ2v) is 7.94. The fourth-order valence-corrected chi connectivity index (χ4v) is 4.91. The zero-order valence-electron chi connectivity index (χ0n) is 14.0. The maximum absolute atomic E-state index is 12.9. The van der Waals surface area contributed by atoms with Gasteiger partial charge < -0.3 is 0 Å². The van der Waals surface area contributed by atoms with E-state index in [0.29, 0.717) is 21.7 Å². The summed E-state index contributed by atoms with van der Waals surface area (Å²) in [5.41, 5.74) is 1.79. The molecule has 1 aliphatic rings. The van der Waals surface area contributed by atoms with Crippen LogP contribution in [0.15, 0.2) is 63.2 Å². The van der Waals surface area contributed by atoms with E-state index in [9.17, 15) is 25.0 Å². The third-order valence-corrected chi connectivity index (χ3v) is 6.19. The van der Waals surface area contributed by atoms with Crippen molar-refractivity contribution in [2.45, 2.75) is 4.34 Å². The number of hydrogen-bond donors (Lipinski definition) is 0. The van der Waals surface area contributed by atoms with E-state index in [0.717, 1.165) is 4.34 Å². The Labute approximate surface area is 166 Å². The molecule has 0 atom stereocenters.